The highest BCUT2D eigenvalue weighted by molar-refractivity contribution is 6.21. The average Bonchev–Trinajstić information content (AvgIpc) is 2.22. The van der Waals surface area contributed by atoms with E-state index in [4.69, 9.17) is 11.6 Å². The molecule has 0 amide bonds. The van der Waals surface area contributed by atoms with Crippen LogP contribution < -0.4 is 0 Å². The summed E-state index contributed by atoms with van der Waals surface area (Å²) in [6.45, 7) is 2.39. The molecule has 0 radical (unpaired) electrons. The number of rotatable bonds is 2. The van der Waals surface area contributed by atoms with Crippen molar-refractivity contribution in [3.05, 3.63) is 11.6 Å². The van der Waals surface area contributed by atoms with Gasteiger partial charge in [0, 0.05) is 0 Å². The van der Waals surface area contributed by atoms with E-state index >= 15 is 0 Å². The highest BCUT2D eigenvalue weighted by Gasteiger charge is 2.20. The normalized spacial score (nSPS) is 37.5. The first-order valence-electron chi connectivity index (χ1n) is 6.57. The van der Waals surface area contributed by atoms with Gasteiger partial charge in [0.2, 0.25) is 0 Å². The number of halogens is 1. The van der Waals surface area contributed by atoms with Crippen molar-refractivity contribution in [3.8, 4) is 0 Å². The van der Waals surface area contributed by atoms with Gasteiger partial charge in [0.1, 0.15) is 0 Å². The minimum absolute atomic E-state index is 0.330. The van der Waals surface area contributed by atoms with Crippen molar-refractivity contribution in [2.45, 2.75) is 63.7 Å². The van der Waals surface area contributed by atoms with Crippen LogP contribution in [-0.4, -0.2) is 5.38 Å². The fraction of sp³-hybridized carbons (Fsp3) is 0.857. The van der Waals surface area contributed by atoms with Crippen LogP contribution in [0, 0.1) is 11.8 Å². The third-order valence-electron chi connectivity index (χ3n) is 4.08. The Hall–Kier alpha value is 0.0300. The molecular formula is C14H23Cl. The summed E-state index contributed by atoms with van der Waals surface area (Å²) in [4.78, 5) is 0. The lowest BCUT2D eigenvalue weighted by atomic mass is 9.78. The predicted molar refractivity (Wildman–Crippen MR) is 67.3 cm³/mol. The minimum atomic E-state index is 0.330. The van der Waals surface area contributed by atoms with E-state index in [9.17, 15) is 0 Å². The summed E-state index contributed by atoms with van der Waals surface area (Å²) in [5.74, 6) is 1.94. The molecule has 2 aliphatic rings. The minimum Gasteiger partial charge on any atom is -0.118 e. The fourth-order valence-electron chi connectivity index (χ4n) is 3.02. The molecular weight excluding hydrogens is 204 g/mol. The highest BCUT2D eigenvalue weighted by Crippen LogP contribution is 2.35. The van der Waals surface area contributed by atoms with E-state index in [0.29, 0.717) is 5.38 Å². The monoisotopic (exact) mass is 226 g/mol. The SMILES string of the molecule is CC1CCC(CC2=CC(Cl)CCC2)CC1. The zero-order valence-corrected chi connectivity index (χ0v) is 10.6. The molecule has 15 heavy (non-hydrogen) atoms. The standard InChI is InChI=1S/C14H23Cl/c1-11-5-7-12(8-6-11)9-13-3-2-4-14(15)10-13/h10-12,14H,2-9H2,1H3. The average molecular weight is 227 g/mol. The van der Waals surface area contributed by atoms with E-state index in [1.165, 1.54) is 51.4 Å². The van der Waals surface area contributed by atoms with Crippen LogP contribution in [-0.2, 0) is 0 Å². The lowest BCUT2D eigenvalue weighted by molar-refractivity contribution is 0.286. The number of alkyl halides is 1. The van der Waals surface area contributed by atoms with Crippen LogP contribution in [0.3, 0.4) is 0 Å². The molecule has 2 rings (SSSR count). The van der Waals surface area contributed by atoms with Crippen molar-refractivity contribution in [2.75, 3.05) is 0 Å². The Morgan fingerprint density at radius 3 is 2.60 bits per heavy atom. The molecule has 1 atom stereocenters. The van der Waals surface area contributed by atoms with Crippen LogP contribution in [0.4, 0.5) is 0 Å². The summed E-state index contributed by atoms with van der Waals surface area (Å²) in [5.41, 5.74) is 1.65. The van der Waals surface area contributed by atoms with Crippen LogP contribution in [0.25, 0.3) is 0 Å². The van der Waals surface area contributed by atoms with E-state index in [1.807, 2.05) is 0 Å². The van der Waals surface area contributed by atoms with Gasteiger partial charge in [-0.1, -0.05) is 31.4 Å². The first kappa shape index (κ1) is 11.5. The van der Waals surface area contributed by atoms with Gasteiger partial charge < -0.3 is 0 Å². The third kappa shape index (κ3) is 3.52. The Morgan fingerprint density at radius 1 is 1.20 bits per heavy atom. The van der Waals surface area contributed by atoms with Crippen molar-refractivity contribution in [1.82, 2.24) is 0 Å². The number of allylic oxidation sites excluding steroid dienone is 2. The number of hydrogen-bond donors (Lipinski definition) is 0. The van der Waals surface area contributed by atoms with Crippen molar-refractivity contribution < 1.29 is 0 Å². The molecule has 0 N–H and O–H groups in total. The van der Waals surface area contributed by atoms with Crippen molar-refractivity contribution in [3.63, 3.8) is 0 Å². The molecule has 0 bridgehead atoms. The molecule has 1 fully saturated rings. The van der Waals surface area contributed by atoms with Crippen LogP contribution in [0.5, 0.6) is 0 Å². The summed E-state index contributed by atoms with van der Waals surface area (Å²) >= 11 is 6.18. The Bertz CT molecular complexity index is 223. The molecule has 0 aromatic rings. The second-order valence-corrected chi connectivity index (χ2v) is 6.12. The lowest BCUT2D eigenvalue weighted by Crippen LogP contribution is -2.14. The molecule has 1 saturated carbocycles. The van der Waals surface area contributed by atoms with Crippen molar-refractivity contribution >= 4 is 11.6 Å². The van der Waals surface area contributed by atoms with Crippen LogP contribution in [0.15, 0.2) is 11.6 Å². The lowest BCUT2D eigenvalue weighted by Gasteiger charge is -2.28. The molecule has 2 aliphatic carbocycles. The van der Waals surface area contributed by atoms with E-state index in [-0.39, 0.29) is 0 Å². The smallest absolute Gasteiger partial charge is 0.0518 e. The molecule has 0 heterocycles. The van der Waals surface area contributed by atoms with Gasteiger partial charge in [0.05, 0.1) is 5.38 Å². The van der Waals surface area contributed by atoms with E-state index < -0.39 is 0 Å². The topological polar surface area (TPSA) is 0 Å². The van der Waals surface area contributed by atoms with E-state index in [0.717, 1.165) is 11.8 Å². The Balaban J connectivity index is 1.81. The summed E-state index contributed by atoms with van der Waals surface area (Å²) in [5, 5.41) is 0.330. The van der Waals surface area contributed by atoms with E-state index in [2.05, 4.69) is 13.0 Å². The van der Waals surface area contributed by atoms with Gasteiger partial charge in [-0.3, -0.25) is 0 Å². The Morgan fingerprint density at radius 2 is 1.93 bits per heavy atom. The molecule has 86 valence electrons. The van der Waals surface area contributed by atoms with Gasteiger partial charge in [0.25, 0.3) is 0 Å². The third-order valence-corrected chi connectivity index (χ3v) is 4.42. The maximum Gasteiger partial charge on any atom is 0.0518 e. The largest absolute Gasteiger partial charge is 0.118 e. The van der Waals surface area contributed by atoms with Gasteiger partial charge >= 0.3 is 0 Å². The van der Waals surface area contributed by atoms with Gasteiger partial charge in [-0.05, 0) is 50.4 Å². The summed E-state index contributed by atoms with van der Waals surface area (Å²) in [6, 6.07) is 0. The molecule has 0 nitrogen and oxygen atoms in total. The van der Waals surface area contributed by atoms with Crippen molar-refractivity contribution in [2.24, 2.45) is 11.8 Å². The Kier molecular flexibility index (Phi) is 4.13. The molecule has 1 unspecified atom stereocenters. The predicted octanol–water partition coefficient (Wildman–Crippen LogP) is 4.92. The van der Waals surface area contributed by atoms with E-state index in [1.54, 1.807) is 5.57 Å². The van der Waals surface area contributed by atoms with Crippen LogP contribution >= 0.6 is 11.6 Å². The van der Waals surface area contributed by atoms with Gasteiger partial charge in [0.15, 0.2) is 0 Å². The number of hydrogen-bond acceptors (Lipinski definition) is 0. The molecule has 1 heteroatoms. The summed E-state index contributed by atoms with van der Waals surface area (Å²) < 4.78 is 0. The first-order chi connectivity index (χ1) is 7.24. The summed E-state index contributed by atoms with van der Waals surface area (Å²) in [7, 11) is 0. The zero-order chi connectivity index (χ0) is 10.7. The molecule has 0 aliphatic heterocycles. The van der Waals surface area contributed by atoms with Gasteiger partial charge in [-0.15, -0.1) is 11.6 Å². The van der Waals surface area contributed by atoms with Gasteiger partial charge in [-0.25, -0.2) is 0 Å². The first-order valence-corrected chi connectivity index (χ1v) is 7.01. The quantitative estimate of drug-likeness (QED) is 0.463. The maximum atomic E-state index is 6.18. The maximum absolute atomic E-state index is 6.18. The van der Waals surface area contributed by atoms with Gasteiger partial charge in [-0.2, -0.15) is 0 Å². The second-order valence-electron chi connectivity index (χ2n) is 5.56. The highest BCUT2D eigenvalue weighted by atomic mass is 35.5. The Labute approximate surface area is 99.1 Å². The molecule has 0 saturated heterocycles. The zero-order valence-electron chi connectivity index (χ0n) is 9.84. The van der Waals surface area contributed by atoms with Crippen LogP contribution in [0.2, 0.25) is 0 Å². The molecule has 0 aromatic carbocycles. The van der Waals surface area contributed by atoms with Crippen molar-refractivity contribution in [1.29, 1.82) is 0 Å². The second kappa shape index (κ2) is 5.39. The fourth-order valence-corrected chi connectivity index (χ4v) is 3.35. The van der Waals surface area contributed by atoms with Crippen LogP contribution in [0.1, 0.15) is 58.3 Å². The molecule has 0 spiro atoms. The molecule has 0 aromatic heterocycles. The summed E-state index contributed by atoms with van der Waals surface area (Å²) in [6.07, 6.45) is 13.3.